The van der Waals surface area contributed by atoms with Crippen molar-refractivity contribution in [2.24, 2.45) is 0 Å². The molecule has 196 valence electrons. The number of hydrogen-bond acceptors (Lipinski definition) is 5. The summed E-state index contributed by atoms with van der Waals surface area (Å²) in [5, 5.41) is 17.7. The Labute approximate surface area is 212 Å². The number of hydrogen-bond donors (Lipinski definition) is 2. The van der Waals surface area contributed by atoms with E-state index in [0.717, 1.165) is 28.2 Å². The third-order valence-corrected chi connectivity index (χ3v) is 7.67. The van der Waals surface area contributed by atoms with Gasteiger partial charge in [0.1, 0.15) is 0 Å². The minimum absolute atomic E-state index is 0.0318. The van der Waals surface area contributed by atoms with Crippen LogP contribution in [-0.4, -0.2) is 57.3 Å². The largest absolute Gasteiger partial charge is 0.479 e. The van der Waals surface area contributed by atoms with E-state index in [1.54, 1.807) is 19.4 Å². The molecular weight excluding hydrogens is 482 g/mol. The molecule has 0 radical (unpaired) electrons. The monoisotopic (exact) mass is 512 g/mol. The summed E-state index contributed by atoms with van der Waals surface area (Å²) < 4.78 is 41.4. The van der Waals surface area contributed by atoms with Crippen LogP contribution in [0.5, 0.6) is 0 Å². The number of pyridine rings is 1. The fourth-order valence-corrected chi connectivity index (χ4v) is 5.84. The first kappa shape index (κ1) is 25.3. The van der Waals surface area contributed by atoms with Crippen molar-refractivity contribution < 1.29 is 28.2 Å². The number of aromatic amines is 1. The van der Waals surface area contributed by atoms with Crippen molar-refractivity contribution in [3.8, 4) is 5.69 Å². The molecule has 8 nitrogen and oxygen atoms in total. The van der Waals surface area contributed by atoms with Gasteiger partial charge >= 0.3 is 5.97 Å². The van der Waals surface area contributed by atoms with Crippen LogP contribution in [0.4, 0.5) is 8.78 Å². The predicted molar refractivity (Wildman–Crippen MR) is 134 cm³/mol. The maximum Gasteiger partial charge on any atom is 0.335 e. The molecule has 3 heterocycles. The number of H-pyrrole nitrogens is 1. The van der Waals surface area contributed by atoms with Crippen molar-refractivity contribution in [3.63, 3.8) is 0 Å². The van der Waals surface area contributed by atoms with Crippen LogP contribution in [0.3, 0.4) is 0 Å². The van der Waals surface area contributed by atoms with Gasteiger partial charge in [0.2, 0.25) is 0 Å². The molecule has 37 heavy (non-hydrogen) atoms. The number of rotatable bonds is 7. The molecule has 0 aliphatic heterocycles. The summed E-state index contributed by atoms with van der Waals surface area (Å²) in [5.74, 6) is -2.87. The van der Waals surface area contributed by atoms with Gasteiger partial charge in [-0.2, -0.15) is 5.10 Å². The molecule has 1 fully saturated rings. The molecule has 3 aromatic heterocycles. The van der Waals surface area contributed by atoms with Gasteiger partial charge in [-0.05, 0) is 49.8 Å². The Balaban J connectivity index is 1.81. The molecule has 0 bridgehead atoms. The van der Waals surface area contributed by atoms with Crippen LogP contribution < -0.4 is 0 Å². The number of nitrogens with one attached hydrogen (secondary N) is 1. The summed E-state index contributed by atoms with van der Waals surface area (Å²) in [7, 11) is 3.06. The summed E-state index contributed by atoms with van der Waals surface area (Å²) in [6, 6.07) is 5.80. The van der Waals surface area contributed by atoms with Crippen molar-refractivity contribution in [2.75, 3.05) is 20.8 Å². The summed E-state index contributed by atoms with van der Waals surface area (Å²) in [6.07, 6.45) is 3.49. The first-order valence-electron chi connectivity index (χ1n) is 12.2. The van der Waals surface area contributed by atoms with Crippen LogP contribution in [0.1, 0.15) is 56.7 Å². The molecule has 0 atom stereocenters. The van der Waals surface area contributed by atoms with Crippen molar-refractivity contribution in [1.29, 1.82) is 0 Å². The van der Waals surface area contributed by atoms with Gasteiger partial charge in [0.25, 0.3) is 0 Å². The van der Waals surface area contributed by atoms with E-state index in [1.807, 2.05) is 24.5 Å². The molecule has 10 heteroatoms. The van der Waals surface area contributed by atoms with Gasteiger partial charge in [-0.1, -0.05) is 13.8 Å². The van der Waals surface area contributed by atoms with Crippen LogP contribution in [0, 0.1) is 11.6 Å². The van der Waals surface area contributed by atoms with Crippen LogP contribution in [0.25, 0.3) is 27.8 Å². The summed E-state index contributed by atoms with van der Waals surface area (Å²) >= 11 is 0. The smallest absolute Gasteiger partial charge is 0.335 e. The van der Waals surface area contributed by atoms with E-state index < -0.39 is 28.6 Å². The third kappa shape index (κ3) is 4.08. The number of fused-ring (bicyclic) bond motifs is 2. The number of aromatic nitrogens is 4. The Kier molecular flexibility index (Phi) is 6.27. The minimum atomic E-state index is -1.22. The molecule has 1 aromatic carbocycles. The van der Waals surface area contributed by atoms with Crippen LogP contribution in [0.15, 0.2) is 30.5 Å². The van der Waals surface area contributed by atoms with Crippen LogP contribution in [-0.2, 0) is 19.7 Å². The number of methoxy groups -OCH3 is 2. The molecule has 1 aliphatic carbocycles. The lowest BCUT2D eigenvalue weighted by Crippen LogP contribution is -2.43. The first-order chi connectivity index (χ1) is 17.6. The molecule has 2 N–H and O–H groups in total. The second kappa shape index (κ2) is 9.18. The Bertz CT molecular complexity index is 1480. The molecule has 5 rings (SSSR count). The zero-order chi connectivity index (χ0) is 26.5. The number of carboxylic acid groups (broad SMARTS) is 1. The lowest BCUT2D eigenvalue weighted by atomic mass is 9.73. The van der Waals surface area contributed by atoms with Gasteiger partial charge in [0, 0.05) is 48.0 Å². The number of ether oxygens (including phenoxy) is 2. The molecule has 0 unspecified atom stereocenters. The topological polar surface area (TPSA) is 102 Å². The molecular formula is C27H30F2N4O4. The molecule has 1 aliphatic rings. The van der Waals surface area contributed by atoms with Crippen molar-refractivity contribution in [2.45, 2.75) is 56.5 Å². The van der Waals surface area contributed by atoms with Gasteiger partial charge < -0.3 is 19.1 Å². The minimum Gasteiger partial charge on any atom is -0.479 e. The maximum atomic E-state index is 14.5. The first-order valence-corrected chi connectivity index (χ1v) is 12.2. The molecule has 4 aromatic rings. The van der Waals surface area contributed by atoms with Crippen molar-refractivity contribution in [1.82, 2.24) is 19.7 Å². The Morgan fingerprint density at radius 3 is 2.57 bits per heavy atom. The third-order valence-electron chi connectivity index (χ3n) is 7.67. The number of carboxylic acids is 1. The quantitative estimate of drug-likeness (QED) is 0.352. The highest BCUT2D eigenvalue weighted by atomic mass is 19.2. The van der Waals surface area contributed by atoms with Crippen LogP contribution >= 0.6 is 0 Å². The molecule has 1 saturated carbocycles. The van der Waals surface area contributed by atoms with E-state index in [0.29, 0.717) is 49.1 Å². The summed E-state index contributed by atoms with van der Waals surface area (Å²) in [6.45, 7) is 4.44. The highest BCUT2D eigenvalue weighted by Crippen LogP contribution is 2.47. The van der Waals surface area contributed by atoms with Gasteiger partial charge in [-0.3, -0.25) is 5.10 Å². The standard InChI is InChI=1S/C27H30F2N4O4/c1-26(2,14-36-3)23-21(15-7-9-27(37-4,10-8-15)25(34)35)22-20(11-16-13-30-32-24(16)31-22)33(23)17-5-6-18(28)19(29)12-17/h5-6,11-13,15H,7-10,14H2,1-4H3,(H,34,35)(H,30,31,32). The van der Waals surface area contributed by atoms with Crippen LogP contribution in [0.2, 0.25) is 0 Å². The van der Waals surface area contributed by atoms with E-state index in [-0.39, 0.29) is 5.92 Å². The number of carbonyl (C=O) groups is 1. The fraction of sp³-hybridized carbons (Fsp3) is 0.444. The van der Waals surface area contributed by atoms with Gasteiger partial charge in [-0.15, -0.1) is 0 Å². The predicted octanol–water partition coefficient (Wildman–Crippen LogP) is 5.23. The number of nitrogens with zero attached hydrogens (tertiary/aromatic N) is 3. The zero-order valence-corrected chi connectivity index (χ0v) is 21.3. The van der Waals surface area contributed by atoms with E-state index in [1.165, 1.54) is 13.2 Å². The van der Waals surface area contributed by atoms with E-state index in [4.69, 9.17) is 14.5 Å². The van der Waals surface area contributed by atoms with Crippen molar-refractivity contribution in [3.05, 3.63) is 53.4 Å². The Morgan fingerprint density at radius 2 is 1.95 bits per heavy atom. The highest BCUT2D eigenvalue weighted by Gasteiger charge is 2.45. The second-order valence-corrected chi connectivity index (χ2v) is 10.5. The molecule has 0 amide bonds. The average Bonchev–Trinajstić information content (AvgIpc) is 3.46. The Morgan fingerprint density at radius 1 is 1.22 bits per heavy atom. The lowest BCUT2D eigenvalue weighted by molar-refractivity contribution is -0.166. The van der Waals surface area contributed by atoms with Gasteiger partial charge in [0.15, 0.2) is 22.9 Å². The van der Waals surface area contributed by atoms with E-state index >= 15 is 0 Å². The molecule has 0 spiro atoms. The van der Waals surface area contributed by atoms with Crippen molar-refractivity contribution >= 4 is 28.0 Å². The normalized spacial score (nSPS) is 20.6. The number of aliphatic carboxylic acids is 1. The SMILES string of the molecule is COCC(C)(C)c1c(C2CCC(OC)(C(=O)O)CC2)c2nc3[nH]ncc3cc2n1-c1ccc(F)c(F)c1. The zero-order valence-electron chi connectivity index (χ0n) is 21.3. The Hall–Kier alpha value is -3.37. The maximum absolute atomic E-state index is 14.5. The number of benzene rings is 1. The summed E-state index contributed by atoms with van der Waals surface area (Å²) in [4.78, 5) is 16.9. The lowest BCUT2D eigenvalue weighted by Gasteiger charge is -2.37. The van der Waals surface area contributed by atoms with E-state index in [2.05, 4.69) is 10.2 Å². The summed E-state index contributed by atoms with van der Waals surface area (Å²) in [5.41, 5.74) is 2.57. The second-order valence-electron chi connectivity index (χ2n) is 10.5. The average molecular weight is 513 g/mol. The van der Waals surface area contributed by atoms with Gasteiger partial charge in [0.05, 0.1) is 23.8 Å². The fourth-order valence-electron chi connectivity index (χ4n) is 5.84. The van der Waals surface area contributed by atoms with E-state index in [9.17, 15) is 18.7 Å². The highest BCUT2D eigenvalue weighted by molar-refractivity contribution is 5.94. The van der Waals surface area contributed by atoms with Gasteiger partial charge in [-0.25, -0.2) is 18.6 Å². The number of halogens is 2. The molecule has 0 saturated heterocycles.